The lowest BCUT2D eigenvalue weighted by Crippen LogP contribution is -2.20. The van der Waals surface area contributed by atoms with Gasteiger partial charge in [-0.2, -0.15) is 23.5 Å². The van der Waals surface area contributed by atoms with Crippen LogP contribution in [0.25, 0.3) is 21.8 Å². The quantitative estimate of drug-likeness (QED) is 0.629. The molecule has 0 saturated heterocycles. The lowest BCUT2D eigenvalue weighted by Gasteiger charge is -2.07. The molecule has 2 aromatic heterocycles. The molecule has 1 aliphatic rings. The number of hydrogen-bond donors (Lipinski definition) is 1. The van der Waals surface area contributed by atoms with Crippen LogP contribution in [0.15, 0.2) is 36.4 Å². The zero-order valence-electron chi connectivity index (χ0n) is 12.9. The van der Waals surface area contributed by atoms with E-state index in [0.29, 0.717) is 0 Å². The first-order valence-electron chi connectivity index (χ1n) is 7.95. The SMILES string of the molecule is c1cc2ccc3ccc4nc3c2nc1CSCCNCCSC4. The van der Waals surface area contributed by atoms with E-state index < -0.39 is 0 Å². The second-order valence-corrected chi connectivity index (χ2v) is 7.88. The number of rotatable bonds is 0. The number of benzene rings is 1. The Balaban J connectivity index is 1.82. The third kappa shape index (κ3) is 3.47. The molecule has 0 fully saturated rings. The molecule has 4 rings (SSSR count). The molecular weight excluding hydrogens is 322 g/mol. The van der Waals surface area contributed by atoms with E-state index in [9.17, 15) is 0 Å². The van der Waals surface area contributed by atoms with Gasteiger partial charge in [-0.1, -0.05) is 24.3 Å². The summed E-state index contributed by atoms with van der Waals surface area (Å²) in [5, 5.41) is 5.86. The van der Waals surface area contributed by atoms with Crippen molar-refractivity contribution in [2.45, 2.75) is 11.5 Å². The Labute approximate surface area is 144 Å². The van der Waals surface area contributed by atoms with Crippen LogP contribution in [0, 0.1) is 0 Å². The van der Waals surface area contributed by atoms with E-state index in [-0.39, 0.29) is 0 Å². The van der Waals surface area contributed by atoms with Crippen LogP contribution in [0.1, 0.15) is 11.4 Å². The molecular formula is C18H19N3S2. The van der Waals surface area contributed by atoms with Gasteiger partial charge < -0.3 is 5.32 Å². The molecule has 1 N–H and O–H groups in total. The monoisotopic (exact) mass is 341 g/mol. The predicted octanol–water partition coefficient (Wildman–Crippen LogP) is 3.85. The average molecular weight is 342 g/mol. The van der Waals surface area contributed by atoms with Gasteiger partial charge in [0.15, 0.2) is 0 Å². The lowest BCUT2D eigenvalue weighted by atomic mass is 10.1. The van der Waals surface area contributed by atoms with Gasteiger partial charge in [-0.05, 0) is 12.1 Å². The molecule has 3 heterocycles. The Bertz CT molecular complexity index is 766. The summed E-state index contributed by atoms with van der Waals surface area (Å²) < 4.78 is 0. The maximum absolute atomic E-state index is 4.91. The predicted molar refractivity (Wildman–Crippen MR) is 102 cm³/mol. The van der Waals surface area contributed by atoms with Crippen LogP contribution in [0.5, 0.6) is 0 Å². The molecule has 0 aliphatic carbocycles. The van der Waals surface area contributed by atoms with Crippen molar-refractivity contribution in [3.63, 3.8) is 0 Å². The molecule has 3 nitrogen and oxygen atoms in total. The van der Waals surface area contributed by atoms with Crippen molar-refractivity contribution in [2.75, 3.05) is 24.6 Å². The molecule has 5 heteroatoms. The van der Waals surface area contributed by atoms with Gasteiger partial charge in [-0.15, -0.1) is 0 Å². The van der Waals surface area contributed by atoms with Gasteiger partial charge in [0.05, 0.1) is 22.4 Å². The third-order valence-corrected chi connectivity index (χ3v) is 5.97. The van der Waals surface area contributed by atoms with Crippen molar-refractivity contribution in [1.29, 1.82) is 0 Å². The van der Waals surface area contributed by atoms with E-state index in [1.807, 2.05) is 23.5 Å². The molecule has 1 aliphatic heterocycles. The molecule has 4 bridgehead atoms. The Kier molecular flexibility index (Phi) is 4.69. The first-order valence-corrected chi connectivity index (χ1v) is 10.3. The fourth-order valence-corrected chi connectivity index (χ4v) is 4.38. The maximum atomic E-state index is 4.91. The van der Waals surface area contributed by atoms with E-state index in [4.69, 9.17) is 9.97 Å². The summed E-state index contributed by atoms with van der Waals surface area (Å²) in [6.45, 7) is 2.13. The number of nitrogens with one attached hydrogen (secondary N) is 1. The molecule has 23 heavy (non-hydrogen) atoms. The minimum Gasteiger partial charge on any atom is -0.315 e. The molecule has 1 aromatic carbocycles. The van der Waals surface area contributed by atoms with Gasteiger partial charge >= 0.3 is 0 Å². The summed E-state index contributed by atoms with van der Waals surface area (Å²) in [5.41, 5.74) is 4.37. The first-order chi connectivity index (χ1) is 11.4. The second kappa shape index (κ2) is 7.07. The van der Waals surface area contributed by atoms with E-state index in [1.54, 1.807) is 0 Å². The topological polar surface area (TPSA) is 37.8 Å². The zero-order chi connectivity index (χ0) is 15.5. The van der Waals surface area contributed by atoms with Crippen molar-refractivity contribution in [3.8, 4) is 0 Å². The van der Waals surface area contributed by atoms with E-state index in [2.05, 4.69) is 41.7 Å². The highest BCUT2D eigenvalue weighted by Gasteiger charge is 2.07. The van der Waals surface area contributed by atoms with Gasteiger partial charge in [0.25, 0.3) is 0 Å². The second-order valence-electron chi connectivity index (χ2n) is 5.67. The van der Waals surface area contributed by atoms with Gasteiger partial charge in [0, 0.05) is 46.9 Å². The standard InChI is InChI=1S/C18H19N3S2/c1-2-14-4-6-16-12-23-10-8-19-7-9-22-11-15-5-3-13(1)17(20-15)18(14)21-16/h1-6,19H,7-12H2. The molecule has 118 valence electrons. The number of pyridine rings is 2. The van der Waals surface area contributed by atoms with Crippen LogP contribution in [-0.4, -0.2) is 34.6 Å². The number of fused-ring (bicyclic) bond motifs is 2. The molecule has 0 radical (unpaired) electrons. The summed E-state index contributed by atoms with van der Waals surface area (Å²) >= 11 is 3.88. The number of hydrogen-bond acceptors (Lipinski definition) is 5. The minimum atomic E-state index is 0.961. The maximum Gasteiger partial charge on any atom is 0.0968 e. The van der Waals surface area contributed by atoms with Crippen LogP contribution < -0.4 is 5.32 Å². The summed E-state index contributed by atoms with van der Waals surface area (Å²) in [5.74, 6) is 4.17. The molecule has 0 unspecified atom stereocenters. The van der Waals surface area contributed by atoms with Crippen molar-refractivity contribution in [3.05, 3.63) is 47.8 Å². The fourth-order valence-electron chi connectivity index (χ4n) is 2.78. The normalized spacial score (nSPS) is 16.9. The van der Waals surface area contributed by atoms with Crippen molar-refractivity contribution in [1.82, 2.24) is 15.3 Å². The molecule has 0 amide bonds. The summed E-state index contributed by atoms with van der Waals surface area (Å²) in [4.78, 5) is 9.81. The summed E-state index contributed by atoms with van der Waals surface area (Å²) in [6, 6.07) is 12.9. The Morgan fingerprint density at radius 3 is 1.70 bits per heavy atom. The smallest absolute Gasteiger partial charge is 0.0968 e. The van der Waals surface area contributed by atoms with E-state index in [1.165, 1.54) is 10.8 Å². The molecule has 0 spiro atoms. The highest BCUT2D eigenvalue weighted by Crippen LogP contribution is 2.25. The minimum absolute atomic E-state index is 0.961. The van der Waals surface area contributed by atoms with Crippen molar-refractivity contribution < 1.29 is 0 Å². The summed E-state index contributed by atoms with van der Waals surface area (Å²) in [6.07, 6.45) is 0. The largest absolute Gasteiger partial charge is 0.315 e. The number of aromatic nitrogens is 2. The van der Waals surface area contributed by atoms with Crippen LogP contribution >= 0.6 is 23.5 Å². The Morgan fingerprint density at radius 1 is 0.696 bits per heavy atom. The van der Waals surface area contributed by atoms with Gasteiger partial charge in [0.1, 0.15) is 0 Å². The van der Waals surface area contributed by atoms with E-state index >= 15 is 0 Å². The van der Waals surface area contributed by atoms with Crippen LogP contribution in [-0.2, 0) is 11.5 Å². The van der Waals surface area contributed by atoms with Gasteiger partial charge in [0.2, 0.25) is 0 Å². The molecule has 0 saturated carbocycles. The van der Waals surface area contributed by atoms with Gasteiger partial charge in [-0.25, -0.2) is 9.97 Å². The molecule has 0 atom stereocenters. The van der Waals surface area contributed by atoms with Crippen molar-refractivity contribution in [2.24, 2.45) is 0 Å². The van der Waals surface area contributed by atoms with Crippen LogP contribution in [0.4, 0.5) is 0 Å². The number of nitrogens with zero attached hydrogens (tertiary/aromatic N) is 2. The molecule has 3 aromatic rings. The number of thioether (sulfide) groups is 2. The van der Waals surface area contributed by atoms with Crippen LogP contribution in [0.2, 0.25) is 0 Å². The Hall–Kier alpha value is -1.30. The van der Waals surface area contributed by atoms with Gasteiger partial charge in [-0.3, -0.25) is 0 Å². The van der Waals surface area contributed by atoms with Crippen LogP contribution in [0.3, 0.4) is 0 Å². The first kappa shape index (κ1) is 15.2. The summed E-state index contributed by atoms with van der Waals surface area (Å²) in [7, 11) is 0. The van der Waals surface area contributed by atoms with E-state index in [0.717, 1.165) is 58.5 Å². The average Bonchev–Trinajstić information content (AvgIpc) is 2.60. The Morgan fingerprint density at radius 2 is 1.17 bits per heavy atom. The highest BCUT2D eigenvalue weighted by molar-refractivity contribution is 7.98. The third-order valence-electron chi connectivity index (χ3n) is 3.98. The fraction of sp³-hybridized carbons (Fsp3) is 0.333. The van der Waals surface area contributed by atoms with Crippen molar-refractivity contribution >= 4 is 45.3 Å². The highest BCUT2D eigenvalue weighted by atomic mass is 32.2. The zero-order valence-corrected chi connectivity index (χ0v) is 14.6. The lowest BCUT2D eigenvalue weighted by molar-refractivity contribution is 0.774.